The molecule has 0 spiro atoms. The van der Waals surface area contributed by atoms with Gasteiger partial charge in [-0.15, -0.1) is 0 Å². The number of aromatic nitrogens is 2. The summed E-state index contributed by atoms with van der Waals surface area (Å²) in [6.07, 6.45) is 1.51. The zero-order valence-electron chi connectivity index (χ0n) is 13.8. The van der Waals surface area contributed by atoms with Crippen molar-refractivity contribution in [1.82, 2.24) is 9.97 Å². The Balaban J connectivity index is 1.70. The Bertz CT molecular complexity index is 1010. The number of nitrogens with zero attached hydrogens (tertiary/aromatic N) is 2. The van der Waals surface area contributed by atoms with Crippen LogP contribution in [0.3, 0.4) is 0 Å². The molecule has 25 heavy (non-hydrogen) atoms. The molecule has 0 amide bonds. The standard InChI is InChI=1S/C20H18N4O/c1-13(14-6-3-2-4-7-14)24-19-17-11-18(25-20(17)23-12-22-19)15-8-5-9-16(21)10-15/h2-13H,21H2,1H3,(H,22,23,24). The molecule has 0 saturated carbocycles. The minimum Gasteiger partial charge on any atom is -0.438 e. The number of hydrogen-bond donors (Lipinski definition) is 2. The number of rotatable bonds is 4. The summed E-state index contributed by atoms with van der Waals surface area (Å²) in [4.78, 5) is 8.63. The normalized spacial score (nSPS) is 12.2. The molecule has 0 aliphatic rings. The summed E-state index contributed by atoms with van der Waals surface area (Å²) in [5.41, 5.74) is 9.22. The molecule has 0 aliphatic carbocycles. The third kappa shape index (κ3) is 3.04. The number of anilines is 2. The monoisotopic (exact) mass is 330 g/mol. The predicted molar refractivity (Wildman–Crippen MR) is 100 cm³/mol. The predicted octanol–water partition coefficient (Wildman–Crippen LogP) is 4.65. The molecule has 2 aromatic heterocycles. The van der Waals surface area contributed by atoms with Crippen LogP contribution < -0.4 is 11.1 Å². The maximum Gasteiger partial charge on any atom is 0.231 e. The molecule has 0 saturated heterocycles. The van der Waals surface area contributed by atoms with Crippen LogP contribution in [0.15, 0.2) is 71.4 Å². The molecule has 0 bridgehead atoms. The van der Waals surface area contributed by atoms with Gasteiger partial charge in [0, 0.05) is 17.3 Å². The summed E-state index contributed by atoms with van der Waals surface area (Å²) in [5.74, 6) is 1.47. The van der Waals surface area contributed by atoms with Crippen LogP contribution in [0.1, 0.15) is 18.5 Å². The van der Waals surface area contributed by atoms with E-state index >= 15 is 0 Å². The van der Waals surface area contributed by atoms with Gasteiger partial charge in [-0.3, -0.25) is 0 Å². The minimum absolute atomic E-state index is 0.116. The van der Waals surface area contributed by atoms with Crippen molar-refractivity contribution in [1.29, 1.82) is 0 Å². The largest absolute Gasteiger partial charge is 0.438 e. The van der Waals surface area contributed by atoms with Crippen LogP contribution in [0, 0.1) is 0 Å². The molecule has 2 aromatic carbocycles. The second-order valence-electron chi connectivity index (χ2n) is 5.95. The highest BCUT2D eigenvalue weighted by Crippen LogP contribution is 2.31. The van der Waals surface area contributed by atoms with Gasteiger partial charge in [0.2, 0.25) is 5.71 Å². The lowest BCUT2D eigenvalue weighted by Gasteiger charge is -2.14. The first-order valence-electron chi connectivity index (χ1n) is 8.12. The number of hydrogen-bond acceptors (Lipinski definition) is 5. The second kappa shape index (κ2) is 6.28. The molecular formula is C20H18N4O. The van der Waals surface area contributed by atoms with Gasteiger partial charge in [-0.2, -0.15) is 0 Å². The van der Waals surface area contributed by atoms with Gasteiger partial charge in [0.25, 0.3) is 0 Å². The zero-order valence-corrected chi connectivity index (χ0v) is 13.8. The van der Waals surface area contributed by atoms with E-state index in [-0.39, 0.29) is 6.04 Å². The van der Waals surface area contributed by atoms with Gasteiger partial charge in [0.1, 0.15) is 17.9 Å². The molecule has 4 rings (SSSR count). The lowest BCUT2D eigenvalue weighted by Crippen LogP contribution is -2.08. The van der Waals surface area contributed by atoms with Crippen molar-refractivity contribution < 1.29 is 4.42 Å². The number of fused-ring (bicyclic) bond motifs is 1. The molecule has 5 nitrogen and oxygen atoms in total. The van der Waals surface area contributed by atoms with Crippen LogP contribution in [0.25, 0.3) is 22.4 Å². The van der Waals surface area contributed by atoms with Crippen LogP contribution in [0.2, 0.25) is 0 Å². The number of furan rings is 1. The molecule has 0 aliphatic heterocycles. The van der Waals surface area contributed by atoms with Crippen molar-refractivity contribution in [3.63, 3.8) is 0 Å². The van der Waals surface area contributed by atoms with E-state index in [0.717, 1.165) is 22.5 Å². The summed E-state index contributed by atoms with van der Waals surface area (Å²) in [5, 5.41) is 4.29. The fourth-order valence-corrected chi connectivity index (χ4v) is 2.83. The molecule has 0 radical (unpaired) electrons. The summed E-state index contributed by atoms with van der Waals surface area (Å²) >= 11 is 0. The Morgan fingerprint density at radius 1 is 1.00 bits per heavy atom. The summed E-state index contributed by atoms with van der Waals surface area (Å²) in [6.45, 7) is 2.10. The van der Waals surface area contributed by atoms with Crippen LogP contribution in [0.5, 0.6) is 0 Å². The lowest BCUT2D eigenvalue weighted by atomic mass is 10.1. The van der Waals surface area contributed by atoms with Crippen molar-refractivity contribution in [2.24, 2.45) is 0 Å². The van der Waals surface area contributed by atoms with Gasteiger partial charge in [-0.1, -0.05) is 42.5 Å². The highest BCUT2D eigenvalue weighted by atomic mass is 16.3. The van der Waals surface area contributed by atoms with Gasteiger partial charge in [-0.05, 0) is 30.7 Å². The molecule has 5 heteroatoms. The molecule has 2 heterocycles. The van der Waals surface area contributed by atoms with E-state index in [1.807, 2.05) is 48.5 Å². The Morgan fingerprint density at radius 3 is 2.64 bits per heavy atom. The second-order valence-corrected chi connectivity index (χ2v) is 5.95. The number of nitrogen functional groups attached to an aromatic ring is 1. The quantitative estimate of drug-likeness (QED) is 0.533. The summed E-state index contributed by atoms with van der Waals surface area (Å²) < 4.78 is 5.89. The Labute approximate surface area is 145 Å². The Morgan fingerprint density at radius 2 is 1.84 bits per heavy atom. The van der Waals surface area contributed by atoms with Crippen molar-refractivity contribution in [3.05, 3.63) is 72.6 Å². The zero-order chi connectivity index (χ0) is 17.2. The van der Waals surface area contributed by atoms with Crippen LogP contribution >= 0.6 is 0 Å². The Hall–Kier alpha value is -3.34. The molecular weight excluding hydrogens is 312 g/mol. The molecule has 1 unspecified atom stereocenters. The van der Waals surface area contributed by atoms with E-state index in [4.69, 9.17) is 10.2 Å². The third-order valence-corrected chi connectivity index (χ3v) is 4.15. The SMILES string of the molecule is CC(Nc1ncnc2oc(-c3cccc(N)c3)cc12)c1ccccc1. The molecule has 1 atom stereocenters. The lowest BCUT2D eigenvalue weighted by molar-refractivity contribution is 0.617. The van der Waals surface area contributed by atoms with Gasteiger partial charge in [0.15, 0.2) is 0 Å². The van der Waals surface area contributed by atoms with Crippen molar-refractivity contribution in [2.75, 3.05) is 11.1 Å². The van der Waals surface area contributed by atoms with E-state index in [1.54, 1.807) is 0 Å². The summed E-state index contributed by atoms with van der Waals surface area (Å²) in [7, 11) is 0. The molecule has 3 N–H and O–H groups in total. The first-order valence-corrected chi connectivity index (χ1v) is 8.12. The number of nitrogens with two attached hydrogens (primary N) is 1. The van der Waals surface area contributed by atoms with Crippen molar-refractivity contribution in [2.45, 2.75) is 13.0 Å². The van der Waals surface area contributed by atoms with Gasteiger partial charge < -0.3 is 15.5 Å². The first kappa shape index (κ1) is 15.2. The van der Waals surface area contributed by atoms with Crippen molar-refractivity contribution in [3.8, 4) is 11.3 Å². The van der Waals surface area contributed by atoms with E-state index in [0.29, 0.717) is 11.4 Å². The van der Waals surface area contributed by atoms with E-state index < -0.39 is 0 Å². The maximum atomic E-state index is 5.89. The molecule has 124 valence electrons. The van der Waals surface area contributed by atoms with E-state index in [1.165, 1.54) is 11.9 Å². The smallest absolute Gasteiger partial charge is 0.231 e. The number of benzene rings is 2. The average molecular weight is 330 g/mol. The van der Waals surface area contributed by atoms with Gasteiger partial charge in [0.05, 0.1) is 5.39 Å². The fourth-order valence-electron chi connectivity index (χ4n) is 2.83. The number of nitrogens with one attached hydrogen (secondary N) is 1. The molecule has 4 aromatic rings. The Kier molecular flexibility index (Phi) is 3.82. The van der Waals surface area contributed by atoms with Crippen LogP contribution in [-0.2, 0) is 0 Å². The third-order valence-electron chi connectivity index (χ3n) is 4.15. The van der Waals surface area contributed by atoms with Crippen LogP contribution in [-0.4, -0.2) is 9.97 Å². The van der Waals surface area contributed by atoms with E-state index in [9.17, 15) is 0 Å². The maximum absolute atomic E-state index is 5.89. The average Bonchev–Trinajstić information content (AvgIpc) is 3.08. The van der Waals surface area contributed by atoms with Crippen molar-refractivity contribution >= 4 is 22.6 Å². The van der Waals surface area contributed by atoms with Crippen LogP contribution in [0.4, 0.5) is 11.5 Å². The van der Waals surface area contributed by atoms with Gasteiger partial charge in [-0.25, -0.2) is 9.97 Å². The summed E-state index contributed by atoms with van der Waals surface area (Å²) in [6, 6.07) is 19.9. The van der Waals surface area contributed by atoms with E-state index in [2.05, 4.69) is 34.3 Å². The molecule has 0 fully saturated rings. The first-order chi connectivity index (χ1) is 12.2. The minimum atomic E-state index is 0.116. The van der Waals surface area contributed by atoms with Gasteiger partial charge >= 0.3 is 0 Å². The fraction of sp³-hybridized carbons (Fsp3) is 0.100. The highest BCUT2D eigenvalue weighted by molar-refractivity contribution is 5.89. The topological polar surface area (TPSA) is 77.0 Å². The highest BCUT2D eigenvalue weighted by Gasteiger charge is 2.14.